The van der Waals surface area contributed by atoms with E-state index in [1.165, 1.54) is 0 Å². The number of fused-ring (bicyclic) bond motifs is 2. The molecule has 3 aromatic heterocycles. The van der Waals surface area contributed by atoms with E-state index in [-0.39, 0.29) is 6.79 Å². The van der Waals surface area contributed by atoms with Crippen LogP contribution in [0.1, 0.15) is 12.5 Å². The van der Waals surface area contributed by atoms with Gasteiger partial charge in [-0.3, -0.25) is 4.98 Å². The van der Waals surface area contributed by atoms with Gasteiger partial charge in [-0.25, -0.2) is 14.6 Å². The van der Waals surface area contributed by atoms with Gasteiger partial charge in [0, 0.05) is 38.1 Å². The van der Waals surface area contributed by atoms with Crippen LogP contribution in [0, 0.1) is 0 Å². The molecular weight excluding hydrogens is 368 g/mol. The fourth-order valence-electron chi connectivity index (χ4n) is 3.47. The van der Waals surface area contributed by atoms with Crippen LogP contribution in [0.25, 0.3) is 22.4 Å². The Morgan fingerprint density at radius 3 is 2.83 bits per heavy atom. The summed E-state index contributed by atoms with van der Waals surface area (Å²) in [5.41, 5.74) is 2.79. The monoisotopic (exact) mass is 388 g/mol. The van der Waals surface area contributed by atoms with E-state index in [2.05, 4.69) is 15.0 Å². The van der Waals surface area contributed by atoms with Crippen LogP contribution in [0.4, 0.5) is 5.82 Å². The Morgan fingerprint density at radius 2 is 2.00 bits per heavy atom. The van der Waals surface area contributed by atoms with Gasteiger partial charge >= 0.3 is 0 Å². The lowest BCUT2D eigenvalue weighted by molar-refractivity contribution is 0.174. The van der Waals surface area contributed by atoms with Crippen molar-refractivity contribution in [2.75, 3.05) is 18.7 Å². The van der Waals surface area contributed by atoms with Gasteiger partial charge in [0.2, 0.25) is 6.79 Å². The average molecular weight is 388 g/mol. The van der Waals surface area contributed by atoms with Crippen molar-refractivity contribution >= 4 is 16.9 Å². The molecule has 29 heavy (non-hydrogen) atoms. The highest BCUT2D eigenvalue weighted by molar-refractivity contribution is 5.88. The Hall–Kier alpha value is -3.68. The van der Waals surface area contributed by atoms with Crippen LogP contribution in [-0.4, -0.2) is 38.6 Å². The zero-order valence-corrected chi connectivity index (χ0v) is 16.2. The Morgan fingerprint density at radius 1 is 1.10 bits per heavy atom. The molecule has 8 heteroatoms. The third-order valence-electron chi connectivity index (χ3n) is 4.91. The molecule has 0 amide bonds. The third kappa shape index (κ3) is 3.12. The smallest absolute Gasteiger partial charge is 0.231 e. The predicted octanol–water partition coefficient (Wildman–Crippen LogP) is 3.27. The molecule has 4 heterocycles. The minimum Gasteiger partial charge on any atom is -0.454 e. The largest absolute Gasteiger partial charge is 0.454 e. The fraction of sp³-hybridized carbons (Fsp3) is 0.238. The van der Waals surface area contributed by atoms with Gasteiger partial charge < -0.3 is 14.4 Å². The molecule has 1 aliphatic rings. The first-order valence-electron chi connectivity index (χ1n) is 9.46. The number of benzene rings is 1. The van der Waals surface area contributed by atoms with E-state index in [4.69, 9.17) is 19.4 Å². The Labute approximate surface area is 167 Å². The molecule has 8 nitrogen and oxygen atoms in total. The summed E-state index contributed by atoms with van der Waals surface area (Å²) in [5.74, 6) is 3.02. The van der Waals surface area contributed by atoms with E-state index in [0.717, 1.165) is 46.0 Å². The van der Waals surface area contributed by atoms with Crippen LogP contribution in [0.2, 0.25) is 0 Å². The topological polar surface area (TPSA) is 78.2 Å². The van der Waals surface area contributed by atoms with Gasteiger partial charge in [-0.15, -0.1) is 0 Å². The van der Waals surface area contributed by atoms with Crippen molar-refractivity contribution in [3.63, 3.8) is 0 Å². The minimum atomic E-state index is 0.270. The van der Waals surface area contributed by atoms with E-state index in [1.807, 2.05) is 55.2 Å². The van der Waals surface area contributed by atoms with Crippen molar-refractivity contribution in [2.45, 2.75) is 20.0 Å². The number of nitrogens with zero attached hydrogens (tertiary/aromatic N) is 6. The molecule has 0 radical (unpaired) electrons. The molecule has 5 rings (SSSR count). The predicted molar refractivity (Wildman–Crippen MR) is 109 cm³/mol. The van der Waals surface area contributed by atoms with Gasteiger partial charge in [0.15, 0.2) is 23.0 Å². The molecule has 0 saturated carbocycles. The van der Waals surface area contributed by atoms with Crippen molar-refractivity contribution in [3.8, 4) is 22.9 Å². The van der Waals surface area contributed by atoms with Crippen LogP contribution in [0.3, 0.4) is 0 Å². The van der Waals surface area contributed by atoms with Crippen LogP contribution in [-0.2, 0) is 13.1 Å². The van der Waals surface area contributed by atoms with Crippen molar-refractivity contribution in [1.82, 2.24) is 24.7 Å². The lowest BCUT2D eigenvalue weighted by Gasteiger charge is -2.20. The summed E-state index contributed by atoms with van der Waals surface area (Å²) >= 11 is 0. The summed E-state index contributed by atoms with van der Waals surface area (Å²) < 4.78 is 12.8. The zero-order chi connectivity index (χ0) is 19.8. The molecule has 0 spiro atoms. The maximum Gasteiger partial charge on any atom is 0.231 e. The number of ether oxygens (including phenoxy) is 2. The zero-order valence-electron chi connectivity index (χ0n) is 16.2. The first-order chi connectivity index (χ1) is 14.2. The highest BCUT2D eigenvalue weighted by Gasteiger charge is 2.18. The van der Waals surface area contributed by atoms with E-state index >= 15 is 0 Å². The second-order valence-corrected chi connectivity index (χ2v) is 6.85. The summed E-state index contributed by atoms with van der Waals surface area (Å²) in [6, 6.07) is 9.84. The number of rotatable bonds is 5. The highest BCUT2D eigenvalue weighted by Crippen LogP contribution is 2.34. The first-order valence-corrected chi connectivity index (χ1v) is 9.46. The SMILES string of the molecule is CCn1ncc2c(N(C)Cc3ccc4c(c3)OCO4)nc(-c3cccnc3)nc21. The minimum absolute atomic E-state index is 0.270. The van der Waals surface area contributed by atoms with Crippen molar-refractivity contribution in [2.24, 2.45) is 0 Å². The molecule has 4 aromatic rings. The van der Waals surface area contributed by atoms with Crippen LogP contribution >= 0.6 is 0 Å². The van der Waals surface area contributed by atoms with Gasteiger partial charge in [0.25, 0.3) is 0 Å². The van der Waals surface area contributed by atoms with Crippen molar-refractivity contribution < 1.29 is 9.47 Å². The van der Waals surface area contributed by atoms with Gasteiger partial charge in [0.1, 0.15) is 5.82 Å². The number of anilines is 1. The lowest BCUT2D eigenvalue weighted by Crippen LogP contribution is -2.18. The Bertz CT molecular complexity index is 1170. The molecule has 0 atom stereocenters. The number of aryl methyl sites for hydroxylation is 1. The number of aromatic nitrogens is 5. The Balaban J connectivity index is 1.56. The Kier molecular flexibility index (Phi) is 4.23. The molecule has 1 aliphatic heterocycles. The molecule has 0 N–H and O–H groups in total. The van der Waals surface area contributed by atoms with Gasteiger partial charge in [0.05, 0.1) is 11.6 Å². The molecule has 0 unspecified atom stereocenters. The normalized spacial score (nSPS) is 12.5. The van der Waals surface area contributed by atoms with Crippen LogP contribution in [0.15, 0.2) is 48.9 Å². The van der Waals surface area contributed by atoms with Gasteiger partial charge in [-0.1, -0.05) is 6.07 Å². The maximum absolute atomic E-state index is 5.50. The highest BCUT2D eigenvalue weighted by atomic mass is 16.7. The molecule has 0 bridgehead atoms. The second kappa shape index (κ2) is 7.05. The third-order valence-corrected chi connectivity index (χ3v) is 4.91. The number of hydrogen-bond acceptors (Lipinski definition) is 7. The molecule has 146 valence electrons. The molecular formula is C21H20N6O2. The molecule has 0 aliphatic carbocycles. The standard InChI is InChI=1S/C21H20N6O2/c1-3-27-21-16(11-23-27)20(24-19(25-21)15-5-4-8-22-10-15)26(2)12-14-6-7-17-18(9-14)29-13-28-17/h4-11H,3,12-13H2,1-2H3. The average Bonchev–Trinajstić information content (AvgIpc) is 3.39. The van der Waals surface area contributed by atoms with Crippen molar-refractivity contribution in [1.29, 1.82) is 0 Å². The fourth-order valence-corrected chi connectivity index (χ4v) is 3.47. The summed E-state index contributed by atoms with van der Waals surface area (Å²) in [4.78, 5) is 15.9. The van der Waals surface area contributed by atoms with Crippen LogP contribution < -0.4 is 14.4 Å². The summed E-state index contributed by atoms with van der Waals surface area (Å²) in [6.07, 6.45) is 5.35. The molecule has 0 fully saturated rings. The first kappa shape index (κ1) is 17.4. The van der Waals surface area contributed by atoms with Crippen LogP contribution in [0.5, 0.6) is 11.5 Å². The number of hydrogen-bond donors (Lipinski definition) is 0. The van der Waals surface area contributed by atoms with Gasteiger partial charge in [-0.05, 0) is 36.8 Å². The van der Waals surface area contributed by atoms with Gasteiger partial charge in [-0.2, -0.15) is 5.10 Å². The molecule has 0 saturated heterocycles. The van der Waals surface area contributed by atoms with E-state index in [0.29, 0.717) is 12.4 Å². The van der Waals surface area contributed by atoms with Crippen molar-refractivity contribution in [3.05, 3.63) is 54.5 Å². The van der Waals surface area contributed by atoms with E-state index in [1.54, 1.807) is 12.4 Å². The quantitative estimate of drug-likeness (QED) is 0.519. The lowest BCUT2D eigenvalue weighted by atomic mass is 10.2. The molecule has 1 aromatic carbocycles. The van der Waals surface area contributed by atoms with E-state index < -0.39 is 0 Å². The second-order valence-electron chi connectivity index (χ2n) is 6.85. The summed E-state index contributed by atoms with van der Waals surface area (Å²) in [6.45, 7) is 3.71. The number of pyridine rings is 1. The summed E-state index contributed by atoms with van der Waals surface area (Å²) in [5, 5.41) is 5.40. The maximum atomic E-state index is 5.50. The summed E-state index contributed by atoms with van der Waals surface area (Å²) in [7, 11) is 2.02. The van der Waals surface area contributed by atoms with E-state index in [9.17, 15) is 0 Å².